The lowest BCUT2D eigenvalue weighted by atomic mass is 9.95. The van der Waals surface area contributed by atoms with Gasteiger partial charge in [0.05, 0.1) is 0 Å². The van der Waals surface area contributed by atoms with Crippen LogP contribution in [-0.2, 0) is 0 Å². The third-order valence-corrected chi connectivity index (χ3v) is 14.5. The van der Waals surface area contributed by atoms with Gasteiger partial charge in [-0.2, -0.15) is 0 Å². The summed E-state index contributed by atoms with van der Waals surface area (Å²) in [5, 5.41) is 7.76. The summed E-state index contributed by atoms with van der Waals surface area (Å²) in [5.41, 5.74) is 7.94. The Kier molecular flexibility index (Phi) is 7.45. The summed E-state index contributed by atoms with van der Waals surface area (Å²) in [6.07, 6.45) is 0. The Hall–Kier alpha value is -6.57. The summed E-state index contributed by atoms with van der Waals surface area (Å²) in [6.45, 7) is 0. The second-order valence-electron chi connectivity index (χ2n) is 14.3. The number of aromatic nitrogens is 3. The Balaban J connectivity index is 1.02. The summed E-state index contributed by atoms with van der Waals surface area (Å²) in [5.74, 6) is 2.00. The van der Waals surface area contributed by atoms with E-state index in [1.807, 2.05) is 94.7 Å². The molecule has 0 unspecified atom stereocenters. The van der Waals surface area contributed by atoms with Gasteiger partial charge >= 0.3 is 0 Å². The molecular formula is C51H29N3S3. The van der Waals surface area contributed by atoms with E-state index in [1.54, 1.807) is 0 Å². The number of fused-ring (bicyclic) bond motifs is 9. The minimum atomic E-state index is 0.666. The molecule has 0 N–H and O–H groups in total. The predicted molar refractivity (Wildman–Crippen MR) is 246 cm³/mol. The first kappa shape index (κ1) is 32.7. The highest BCUT2D eigenvalue weighted by molar-refractivity contribution is 7.27. The van der Waals surface area contributed by atoms with Gasteiger partial charge in [0.1, 0.15) is 0 Å². The molecule has 4 heterocycles. The summed E-state index contributed by atoms with van der Waals surface area (Å²) >= 11 is 5.61. The fourth-order valence-electron chi connectivity index (χ4n) is 8.19. The number of benzene rings is 8. The average Bonchev–Trinajstić information content (AvgIpc) is 3.97. The molecule has 0 spiro atoms. The molecular weight excluding hydrogens is 751 g/mol. The minimum Gasteiger partial charge on any atom is -0.208 e. The molecule has 12 aromatic rings. The van der Waals surface area contributed by atoms with Crippen LogP contribution in [0.1, 0.15) is 0 Å². The van der Waals surface area contributed by atoms with E-state index in [2.05, 4.69) is 115 Å². The lowest BCUT2D eigenvalue weighted by molar-refractivity contribution is 1.07. The Bertz CT molecular complexity index is 3470. The van der Waals surface area contributed by atoms with Gasteiger partial charge in [0.25, 0.3) is 0 Å². The monoisotopic (exact) mass is 779 g/mol. The maximum atomic E-state index is 5.01. The standard InChI is InChI=1S/C51H29N3S3/c1-3-12-30(13-4-1)49-52-50(31-14-5-2-6-15-31)54-51(53-49)33-23-25-39-38-24-22-32(28-45(38)55-46(39)29-33)41-26-34(27-42-37-17-8-10-21-44(37)57-48(41)42)35-18-11-19-40-36-16-7-9-20-43(36)56-47(35)40/h1-29H. The number of rotatable bonds is 5. The Morgan fingerprint density at radius 3 is 1.40 bits per heavy atom. The second-order valence-corrected chi connectivity index (χ2v) is 17.5. The molecule has 0 fully saturated rings. The van der Waals surface area contributed by atoms with Crippen LogP contribution in [-0.4, -0.2) is 15.0 Å². The van der Waals surface area contributed by atoms with Gasteiger partial charge in [-0.05, 0) is 53.1 Å². The van der Waals surface area contributed by atoms with Gasteiger partial charge in [-0.3, -0.25) is 0 Å². The van der Waals surface area contributed by atoms with Crippen molar-refractivity contribution in [1.29, 1.82) is 0 Å². The third-order valence-electron chi connectivity index (χ3n) is 10.9. The van der Waals surface area contributed by atoms with Crippen molar-refractivity contribution in [1.82, 2.24) is 15.0 Å². The third kappa shape index (κ3) is 5.41. The van der Waals surface area contributed by atoms with Crippen LogP contribution in [0, 0.1) is 0 Å². The molecule has 0 atom stereocenters. The maximum Gasteiger partial charge on any atom is 0.164 e. The molecule has 0 bridgehead atoms. The quantitative estimate of drug-likeness (QED) is 0.175. The maximum absolute atomic E-state index is 5.01. The van der Waals surface area contributed by atoms with E-state index in [-0.39, 0.29) is 0 Å². The topological polar surface area (TPSA) is 38.7 Å². The summed E-state index contributed by atoms with van der Waals surface area (Å²) < 4.78 is 7.76. The van der Waals surface area contributed by atoms with Gasteiger partial charge in [0.2, 0.25) is 0 Å². The molecule has 0 amide bonds. The molecule has 266 valence electrons. The van der Waals surface area contributed by atoms with Crippen molar-refractivity contribution in [3.63, 3.8) is 0 Å². The van der Waals surface area contributed by atoms with Crippen molar-refractivity contribution < 1.29 is 0 Å². The van der Waals surface area contributed by atoms with E-state index in [0.29, 0.717) is 17.5 Å². The highest BCUT2D eigenvalue weighted by atomic mass is 32.1. The first-order valence-electron chi connectivity index (χ1n) is 18.9. The van der Waals surface area contributed by atoms with Gasteiger partial charge in [-0.25, -0.2) is 15.0 Å². The molecule has 57 heavy (non-hydrogen) atoms. The Morgan fingerprint density at radius 1 is 0.263 bits per heavy atom. The number of hydrogen-bond donors (Lipinski definition) is 0. The van der Waals surface area contributed by atoms with E-state index < -0.39 is 0 Å². The van der Waals surface area contributed by atoms with Crippen LogP contribution in [0.2, 0.25) is 0 Å². The highest BCUT2D eigenvalue weighted by Crippen LogP contribution is 2.47. The highest BCUT2D eigenvalue weighted by Gasteiger charge is 2.18. The summed E-state index contributed by atoms with van der Waals surface area (Å²) in [7, 11) is 0. The minimum absolute atomic E-state index is 0.666. The number of hydrogen-bond acceptors (Lipinski definition) is 6. The van der Waals surface area contributed by atoms with Crippen LogP contribution in [0.5, 0.6) is 0 Å². The fourth-order valence-corrected chi connectivity index (χ4v) is 11.8. The lowest BCUT2D eigenvalue weighted by Gasteiger charge is -2.10. The fraction of sp³-hybridized carbons (Fsp3) is 0. The van der Waals surface area contributed by atoms with Gasteiger partial charge in [-0.1, -0.05) is 140 Å². The second kappa shape index (κ2) is 13.0. The summed E-state index contributed by atoms with van der Waals surface area (Å²) in [6, 6.07) is 63.2. The zero-order valence-electron chi connectivity index (χ0n) is 30.3. The molecule has 0 aliphatic heterocycles. The van der Waals surface area contributed by atoms with Crippen molar-refractivity contribution in [2.24, 2.45) is 0 Å². The molecule has 0 saturated heterocycles. The average molecular weight is 780 g/mol. The zero-order valence-corrected chi connectivity index (χ0v) is 32.8. The number of nitrogens with zero attached hydrogens (tertiary/aromatic N) is 3. The van der Waals surface area contributed by atoms with Gasteiger partial charge < -0.3 is 0 Å². The molecule has 0 saturated carbocycles. The van der Waals surface area contributed by atoms with Gasteiger partial charge in [-0.15, -0.1) is 34.0 Å². The van der Waals surface area contributed by atoms with Crippen molar-refractivity contribution in [3.8, 4) is 56.4 Å². The Morgan fingerprint density at radius 2 is 0.754 bits per heavy atom. The van der Waals surface area contributed by atoms with E-state index in [9.17, 15) is 0 Å². The molecule has 3 nitrogen and oxygen atoms in total. The molecule has 0 radical (unpaired) electrons. The SMILES string of the molecule is c1ccc(-c2nc(-c3ccccc3)nc(-c3ccc4c(c3)sc3cc(-c5cc(-c6cccc7c6sc6ccccc67)cc6c5sc5ccccc56)ccc34)n2)cc1. The van der Waals surface area contributed by atoms with Crippen LogP contribution in [0.4, 0.5) is 0 Å². The molecule has 0 aliphatic carbocycles. The molecule has 6 heteroatoms. The molecule has 12 rings (SSSR count). The molecule has 0 aliphatic rings. The lowest BCUT2D eigenvalue weighted by Crippen LogP contribution is -1.99. The van der Waals surface area contributed by atoms with Crippen LogP contribution >= 0.6 is 34.0 Å². The van der Waals surface area contributed by atoms with Crippen molar-refractivity contribution in [2.45, 2.75) is 0 Å². The Labute approximate surface area is 339 Å². The number of thiophene rings is 3. The van der Waals surface area contributed by atoms with E-state index >= 15 is 0 Å². The van der Waals surface area contributed by atoms with E-state index in [1.165, 1.54) is 82.8 Å². The first-order valence-corrected chi connectivity index (χ1v) is 21.4. The largest absolute Gasteiger partial charge is 0.208 e. The smallest absolute Gasteiger partial charge is 0.164 e. The molecule has 4 aromatic heterocycles. The predicted octanol–water partition coefficient (Wildman–Crippen LogP) is 15.3. The van der Waals surface area contributed by atoms with Crippen LogP contribution in [0.25, 0.3) is 117 Å². The summed E-state index contributed by atoms with van der Waals surface area (Å²) in [4.78, 5) is 14.9. The molecule has 8 aromatic carbocycles. The van der Waals surface area contributed by atoms with Crippen LogP contribution in [0.3, 0.4) is 0 Å². The van der Waals surface area contributed by atoms with Crippen molar-refractivity contribution in [3.05, 3.63) is 176 Å². The normalized spacial score (nSPS) is 11.9. The zero-order chi connectivity index (χ0) is 37.5. The van der Waals surface area contributed by atoms with E-state index in [0.717, 1.165) is 16.7 Å². The van der Waals surface area contributed by atoms with Gasteiger partial charge in [0.15, 0.2) is 17.5 Å². The van der Waals surface area contributed by atoms with Crippen LogP contribution < -0.4 is 0 Å². The van der Waals surface area contributed by atoms with E-state index in [4.69, 9.17) is 15.0 Å². The van der Waals surface area contributed by atoms with Crippen molar-refractivity contribution in [2.75, 3.05) is 0 Å². The van der Waals surface area contributed by atoms with Gasteiger partial charge in [0, 0.05) is 82.8 Å². The van der Waals surface area contributed by atoms with Crippen molar-refractivity contribution >= 4 is 94.5 Å². The first-order chi connectivity index (χ1) is 28.2. The van der Waals surface area contributed by atoms with Crippen LogP contribution in [0.15, 0.2) is 176 Å².